The molecule has 0 spiro atoms. The average Bonchev–Trinajstić information content (AvgIpc) is 3.08. The first-order valence-corrected chi connectivity index (χ1v) is 11.0. The first kappa shape index (κ1) is 20.6. The standard InChI is InChI=1S/C19H22N2O5S2/c1-2-26-16(22)10-27-19-21-14-8-7-11(9-15(14)28-19)20-17(23)12-5-3-4-6-13(12)18(24)25/h7-9,12-13H,2-6,10H2,1H3,(H,20,23)(H,24,25)/t12-,13-/m1/s1. The highest BCUT2D eigenvalue weighted by atomic mass is 32.2. The fourth-order valence-corrected chi connectivity index (χ4v) is 5.25. The van der Waals surface area contributed by atoms with Crippen LogP contribution in [0, 0.1) is 11.8 Å². The summed E-state index contributed by atoms with van der Waals surface area (Å²) in [6.07, 6.45) is 2.86. The van der Waals surface area contributed by atoms with E-state index in [0.717, 1.165) is 27.4 Å². The first-order chi connectivity index (χ1) is 13.5. The SMILES string of the molecule is CCOC(=O)CSc1nc2ccc(NC(=O)[C@@H]3CCCC[C@H]3C(=O)O)cc2s1. The van der Waals surface area contributed by atoms with Crippen molar-refractivity contribution in [3.63, 3.8) is 0 Å². The Balaban J connectivity index is 1.67. The predicted molar refractivity (Wildman–Crippen MR) is 109 cm³/mol. The largest absolute Gasteiger partial charge is 0.481 e. The maximum atomic E-state index is 12.6. The zero-order valence-electron chi connectivity index (χ0n) is 15.5. The molecule has 0 unspecified atom stereocenters. The number of carbonyl (C=O) groups is 3. The molecular formula is C19H22N2O5S2. The number of hydrogen-bond acceptors (Lipinski definition) is 7. The molecule has 1 saturated carbocycles. The van der Waals surface area contributed by atoms with Gasteiger partial charge >= 0.3 is 11.9 Å². The second kappa shape index (κ2) is 9.38. The van der Waals surface area contributed by atoms with Gasteiger partial charge in [-0.05, 0) is 38.0 Å². The van der Waals surface area contributed by atoms with Gasteiger partial charge in [-0.15, -0.1) is 11.3 Å². The van der Waals surface area contributed by atoms with Crippen molar-refractivity contribution < 1.29 is 24.2 Å². The number of amides is 1. The molecule has 1 aromatic heterocycles. The summed E-state index contributed by atoms with van der Waals surface area (Å²) in [6, 6.07) is 5.40. The number of esters is 1. The molecule has 1 fully saturated rings. The summed E-state index contributed by atoms with van der Waals surface area (Å²) >= 11 is 2.76. The Kier molecular flexibility index (Phi) is 6.90. The lowest BCUT2D eigenvalue weighted by Crippen LogP contribution is -2.36. The Hall–Kier alpha value is -2.13. The van der Waals surface area contributed by atoms with Gasteiger partial charge in [0, 0.05) is 5.69 Å². The lowest BCUT2D eigenvalue weighted by molar-refractivity contribution is -0.147. The molecule has 0 saturated heterocycles. The van der Waals surface area contributed by atoms with Crippen molar-refractivity contribution in [1.82, 2.24) is 4.98 Å². The molecule has 1 aromatic carbocycles. The minimum Gasteiger partial charge on any atom is -0.481 e. The lowest BCUT2D eigenvalue weighted by atomic mass is 9.78. The van der Waals surface area contributed by atoms with Crippen molar-refractivity contribution in [2.75, 3.05) is 17.7 Å². The summed E-state index contributed by atoms with van der Waals surface area (Å²) in [5.74, 6) is -2.34. The number of thioether (sulfide) groups is 1. The molecule has 1 heterocycles. The van der Waals surface area contributed by atoms with Crippen molar-refractivity contribution in [2.45, 2.75) is 36.9 Å². The quantitative estimate of drug-likeness (QED) is 0.517. The number of nitrogens with one attached hydrogen (secondary N) is 1. The minimum atomic E-state index is -0.902. The zero-order valence-corrected chi connectivity index (χ0v) is 17.1. The van der Waals surface area contributed by atoms with Crippen molar-refractivity contribution in [2.24, 2.45) is 11.8 Å². The summed E-state index contributed by atoms with van der Waals surface area (Å²) in [5, 5.41) is 12.2. The van der Waals surface area contributed by atoms with Crippen LogP contribution in [-0.2, 0) is 19.1 Å². The van der Waals surface area contributed by atoms with E-state index in [2.05, 4.69) is 10.3 Å². The number of benzene rings is 1. The van der Waals surface area contributed by atoms with Crippen LogP contribution in [0.15, 0.2) is 22.5 Å². The first-order valence-electron chi connectivity index (χ1n) is 9.20. The van der Waals surface area contributed by atoms with E-state index < -0.39 is 17.8 Å². The van der Waals surface area contributed by atoms with E-state index in [4.69, 9.17) is 4.74 Å². The zero-order chi connectivity index (χ0) is 20.1. The van der Waals surface area contributed by atoms with Crippen LogP contribution in [0.2, 0.25) is 0 Å². The van der Waals surface area contributed by atoms with Crippen LogP contribution >= 0.6 is 23.1 Å². The van der Waals surface area contributed by atoms with Gasteiger partial charge in [-0.1, -0.05) is 24.6 Å². The number of ether oxygens (including phenoxy) is 1. The maximum Gasteiger partial charge on any atom is 0.316 e. The van der Waals surface area contributed by atoms with Gasteiger partial charge in [-0.3, -0.25) is 14.4 Å². The fraction of sp³-hybridized carbons (Fsp3) is 0.474. The Morgan fingerprint density at radius 3 is 2.75 bits per heavy atom. The Morgan fingerprint density at radius 1 is 1.29 bits per heavy atom. The number of aromatic nitrogens is 1. The van der Waals surface area contributed by atoms with Gasteiger partial charge in [0.05, 0.1) is 34.4 Å². The topological polar surface area (TPSA) is 106 Å². The molecule has 28 heavy (non-hydrogen) atoms. The monoisotopic (exact) mass is 422 g/mol. The van der Waals surface area contributed by atoms with Crippen molar-refractivity contribution in [3.8, 4) is 0 Å². The normalized spacial score (nSPS) is 19.3. The van der Waals surface area contributed by atoms with E-state index in [9.17, 15) is 19.5 Å². The van der Waals surface area contributed by atoms with E-state index in [-0.39, 0.29) is 17.6 Å². The van der Waals surface area contributed by atoms with Gasteiger partial charge in [0.25, 0.3) is 0 Å². The molecule has 7 nitrogen and oxygen atoms in total. The van der Waals surface area contributed by atoms with Crippen LogP contribution < -0.4 is 5.32 Å². The molecule has 150 valence electrons. The highest BCUT2D eigenvalue weighted by Crippen LogP contribution is 2.33. The van der Waals surface area contributed by atoms with Gasteiger partial charge < -0.3 is 15.2 Å². The molecule has 0 bridgehead atoms. The molecule has 0 radical (unpaired) electrons. The third-order valence-corrected chi connectivity index (χ3v) is 6.81. The lowest BCUT2D eigenvalue weighted by Gasteiger charge is -2.27. The van der Waals surface area contributed by atoms with Crippen LogP contribution in [0.4, 0.5) is 5.69 Å². The van der Waals surface area contributed by atoms with Gasteiger partial charge in [0.15, 0.2) is 4.34 Å². The number of fused-ring (bicyclic) bond motifs is 1. The minimum absolute atomic E-state index is 0.204. The Labute approximate surface area is 170 Å². The molecule has 1 aliphatic rings. The number of carbonyl (C=O) groups excluding carboxylic acids is 2. The molecule has 2 N–H and O–H groups in total. The van der Waals surface area contributed by atoms with Crippen LogP contribution in [0.1, 0.15) is 32.6 Å². The number of thiazole rings is 1. The van der Waals surface area contributed by atoms with Crippen molar-refractivity contribution in [3.05, 3.63) is 18.2 Å². The Bertz CT molecular complexity index is 882. The summed E-state index contributed by atoms with van der Waals surface area (Å²) in [4.78, 5) is 40.0. The van der Waals surface area contributed by atoms with E-state index >= 15 is 0 Å². The third kappa shape index (κ3) is 5.02. The third-order valence-electron chi connectivity index (χ3n) is 4.68. The molecule has 2 atom stereocenters. The predicted octanol–water partition coefficient (Wildman–Crippen LogP) is 3.78. The summed E-state index contributed by atoms with van der Waals surface area (Å²) in [6.45, 7) is 2.12. The highest BCUT2D eigenvalue weighted by Gasteiger charge is 2.35. The van der Waals surface area contributed by atoms with Crippen molar-refractivity contribution >= 4 is 56.8 Å². The van der Waals surface area contributed by atoms with Crippen LogP contribution in [0.5, 0.6) is 0 Å². The number of hydrogen-bond donors (Lipinski definition) is 2. The number of nitrogens with zero attached hydrogens (tertiary/aromatic N) is 1. The second-order valence-corrected chi connectivity index (χ2v) is 8.83. The van der Waals surface area contributed by atoms with E-state index in [0.29, 0.717) is 25.1 Å². The number of rotatable bonds is 7. The van der Waals surface area contributed by atoms with Gasteiger partial charge in [-0.25, -0.2) is 4.98 Å². The number of carboxylic acids is 1. The second-order valence-electron chi connectivity index (χ2n) is 6.58. The maximum absolute atomic E-state index is 12.6. The summed E-state index contributed by atoms with van der Waals surface area (Å²) in [7, 11) is 0. The molecule has 1 amide bonds. The average molecular weight is 423 g/mol. The number of carboxylic acid groups (broad SMARTS) is 1. The molecule has 1 aliphatic carbocycles. The van der Waals surface area contributed by atoms with Gasteiger partial charge in [0.1, 0.15) is 0 Å². The Morgan fingerprint density at radius 2 is 2.04 bits per heavy atom. The van der Waals surface area contributed by atoms with E-state index in [1.54, 1.807) is 13.0 Å². The molecule has 9 heteroatoms. The van der Waals surface area contributed by atoms with E-state index in [1.807, 2.05) is 12.1 Å². The molecule has 3 rings (SSSR count). The van der Waals surface area contributed by atoms with Gasteiger partial charge in [-0.2, -0.15) is 0 Å². The van der Waals surface area contributed by atoms with Crippen LogP contribution in [-0.4, -0.2) is 40.3 Å². The van der Waals surface area contributed by atoms with Crippen molar-refractivity contribution in [1.29, 1.82) is 0 Å². The number of anilines is 1. The molecular weight excluding hydrogens is 400 g/mol. The smallest absolute Gasteiger partial charge is 0.316 e. The molecule has 2 aromatic rings. The summed E-state index contributed by atoms with van der Waals surface area (Å²) < 4.78 is 6.56. The summed E-state index contributed by atoms with van der Waals surface area (Å²) in [5.41, 5.74) is 1.41. The van der Waals surface area contributed by atoms with E-state index in [1.165, 1.54) is 23.1 Å². The number of aliphatic carboxylic acids is 1. The van der Waals surface area contributed by atoms with Crippen LogP contribution in [0.25, 0.3) is 10.2 Å². The molecule has 0 aliphatic heterocycles. The van der Waals surface area contributed by atoms with Gasteiger partial charge in [0.2, 0.25) is 5.91 Å². The highest BCUT2D eigenvalue weighted by molar-refractivity contribution is 8.01. The van der Waals surface area contributed by atoms with Crippen LogP contribution in [0.3, 0.4) is 0 Å². The fourth-order valence-electron chi connectivity index (χ4n) is 3.34.